The van der Waals surface area contributed by atoms with E-state index in [0.717, 1.165) is 0 Å². The van der Waals surface area contributed by atoms with Crippen molar-refractivity contribution in [2.75, 3.05) is 4.72 Å². The van der Waals surface area contributed by atoms with E-state index in [0.29, 0.717) is 16.0 Å². The number of aryl methyl sites for hydroxylation is 2. The zero-order valence-corrected chi connectivity index (χ0v) is 9.48. The minimum absolute atomic E-state index is 0.319. The lowest BCUT2D eigenvalue weighted by molar-refractivity contribution is 0.602. The number of aromatic nitrogens is 2. The quantitative estimate of drug-likeness (QED) is 0.798. The number of hydrogen-bond donors (Lipinski definition) is 2. The minimum Gasteiger partial charge on any atom is -0.254 e. The predicted molar refractivity (Wildman–Crippen MR) is 52.4 cm³/mol. The number of hydrogen-bond acceptors (Lipinski definition) is 3. The van der Waals surface area contributed by atoms with E-state index in [1.807, 2.05) is 0 Å². The van der Waals surface area contributed by atoms with Gasteiger partial charge in [0.25, 0.3) is 10.2 Å². The van der Waals surface area contributed by atoms with Gasteiger partial charge < -0.3 is 0 Å². The predicted octanol–water partition coefficient (Wildman–Crippen LogP) is 0.106. The molecule has 0 aliphatic heterocycles. The van der Waals surface area contributed by atoms with E-state index < -0.39 is 10.2 Å². The molecule has 0 atom stereocenters. The molecule has 1 rings (SSSR count). The Hall–Kier alpha value is -0.600. The first kappa shape index (κ1) is 10.5. The Morgan fingerprint density at radius 1 is 1.62 bits per heavy atom. The van der Waals surface area contributed by atoms with Crippen LogP contribution in [0.3, 0.4) is 0 Å². The summed E-state index contributed by atoms with van der Waals surface area (Å²) < 4.78 is 25.6. The first-order valence-electron chi connectivity index (χ1n) is 3.31. The Balaban J connectivity index is 3.15. The van der Waals surface area contributed by atoms with Crippen LogP contribution in [0, 0.1) is 6.92 Å². The highest BCUT2D eigenvalue weighted by Crippen LogP contribution is 2.25. The minimum atomic E-state index is -3.75. The summed E-state index contributed by atoms with van der Waals surface area (Å²) in [5, 5.41) is 8.80. The highest BCUT2D eigenvalue weighted by Gasteiger charge is 2.13. The molecule has 8 heteroatoms. The van der Waals surface area contributed by atoms with Gasteiger partial charge >= 0.3 is 0 Å². The monoisotopic (exact) mass is 268 g/mol. The van der Waals surface area contributed by atoms with Gasteiger partial charge in [0.15, 0.2) is 5.82 Å². The van der Waals surface area contributed by atoms with Crippen LogP contribution in [0.15, 0.2) is 4.47 Å². The molecule has 3 N–H and O–H groups in total. The summed E-state index contributed by atoms with van der Waals surface area (Å²) in [4.78, 5) is 0. The van der Waals surface area contributed by atoms with Crippen LogP contribution in [-0.2, 0) is 17.3 Å². The van der Waals surface area contributed by atoms with E-state index in [1.54, 1.807) is 14.0 Å². The second-order valence-corrected chi connectivity index (χ2v) is 4.61. The molecule has 0 aliphatic rings. The van der Waals surface area contributed by atoms with E-state index in [9.17, 15) is 8.42 Å². The van der Waals surface area contributed by atoms with Gasteiger partial charge in [-0.2, -0.15) is 13.5 Å². The van der Waals surface area contributed by atoms with Gasteiger partial charge in [0.1, 0.15) is 0 Å². The standard InChI is InChI=1S/C5H9BrN4O2S/c1-3-4(6)5(10(2)8-3)9-13(7,11)12/h9H,1-2H3,(H2,7,11,12). The molecule has 0 fully saturated rings. The summed E-state index contributed by atoms with van der Waals surface area (Å²) in [6.45, 7) is 1.75. The molecule has 0 amide bonds. The SMILES string of the molecule is Cc1nn(C)c(NS(N)(=O)=O)c1Br. The number of nitrogens with zero attached hydrogens (tertiary/aromatic N) is 2. The Bertz CT molecular complexity index is 424. The van der Waals surface area contributed by atoms with Crippen molar-refractivity contribution in [3.8, 4) is 0 Å². The van der Waals surface area contributed by atoms with Crippen LogP contribution in [0.4, 0.5) is 5.82 Å². The van der Waals surface area contributed by atoms with E-state index in [2.05, 4.69) is 25.8 Å². The average molecular weight is 269 g/mol. The number of nitrogens with one attached hydrogen (secondary N) is 1. The molecule has 74 valence electrons. The van der Waals surface area contributed by atoms with Crippen LogP contribution >= 0.6 is 15.9 Å². The third-order valence-corrected chi connectivity index (χ3v) is 2.82. The second kappa shape index (κ2) is 3.28. The van der Waals surface area contributed by atoms with Crippen LogP contribution in [0.5, 0.6) is 0 Å². The van der Waals surface area contributed by atoms with Crippen molar-refractivity contribution in [2.45, 2.75) is 6.92 Å². The summed E-state index contributed by atoms with van der Waals surface area (Å²) in [5.74, 6) is 0.319. The molecule has 0 unspecified atom stereocenters. The lowest BCUT2D eigenvalue weighted by Crippen LogP contribution is -2.23. The maximum atomic E-state index is 10.7. The fourth-order valence-electron chi connectivity index (χ4n) is 0.878. The highest BCUT2D eigenvalue weighted by molar-refractivity contribution is 9.10. The number of anilines is 1. The molecule has 0 bridgehead atoms. The fraction of sp³-hybridized carbons (Fsp3) is 0.400. The first-order valence-corrected chi connectivity index (χ1v) is 5.65. The van der Waals surface area contributed by atoms with Crippen LogP contribution in [0.1, 0.15) is 5.69 Å². The van der Waals surface area contributed by atoms with Crippen molar-refractivity contribution in [1.82, 2.24) is 9.78 Å². The first-order chi connectivity index (χ1) is 5.81. The largest absolute Gasteiger partial charge is 0.297 e. The van der Waals surface area contributed by atoms with Crippen molar-refractivity contribution in [2.24, 2.45) is 12.2 Å². The second-order valence-electron chi connectivity index (χ2n) is 2.52. The van der Waals surface area contributed by atoms with E-state index >= 15 is 0 Å². The molecule has 6 nitrogen and oxygen atoms in total. The molecule has 0 spiro atoms. The molecule has 1 heterocycles. The summed E-state index contributed by atoms with van der Waals surface area (Å²) in [6, 6.07) is 0. The Morgan fingerprint density at radius 3 is 2.46 bits per heavy atom. The van der Waals surface area contributed by atoms with Crippen molar-refractivity contribution in [3.63, 3.8) is 0 Å². The maximum absolute atomic E-state index is 10.7. The Morgan fingerprint density at radius 2 is 2.15 bits per heavy atom. The van der Waals surface area contributed by atoms with Crippen molar-refractivity contribution < 1.29 is 8.42 Å². The van der Waals surface area contributed by atoms with Crippen LogP contribution in [0.25, 0.3) is 0 Å². The lowest BCUT2D eigenvalue weighted by atomic mass is 10.5. The van der Waals surface area contributed by atoms with Gasteiger partial charge in [-0.25, -0.2) is 5.14 Å². The van der Waals surface area contributed by atoms with Crippen LogP contribution in [-0.4, -0.2) is 18.2 Å². The molecule has 13 heavy (non-hydrogen) atoms. The Labute approximate surface area is 84.4 Å². The smallest absolute Gasteiger partial charge is 0.254 e. The summed E-state index contributed by atoms with van der Waals surface area (Å²) in [6.07, 6.45) is 0. The van der Waals surface area contributed by atoms with Crippen LogP contribution < -0.4 is 9.86 Å². The van der Waals surface area contributed by atoms with Crippen molar-refractivity contribution in [3.05, 3.63) is 10.2 Å². The molecule has 0 aromatic carbocycles. The third kappa shape index (κ3) is 2.42. The zero-order chi connectivity index (χ0) is 10.2. The van der Waals surface area contributed by atoms with Crippen LogP contribution in [0.2, 0.25) is 0 Å². The number of nitrogens with two attached hydrogens (primary N) is 1. The van der Waals surface area contributed by atoms with Gasteiger partial charge in [0, 0.05) is 7.05 Å². The highest BCUT2D eigenvalue weighted by atomic mass is 79.9. The molecular weight excluding hydrogens is 260 g/mol. The summed E-state index contributed by atoms with van der Waals surface area (Å²) in [5.41, 5.74) is 0.689. The molecule has 0 saturated carbocycles. The molecule has 0 radical (unpaired) electrons. The molecule has 0 saturated heterocycles. The molecule has 1 aromatic rings. The Kier molecular flexibility index (Phi) is 2.64. The summed E-state index contributed by atoms with van der Waals surface area (Å²) >= 11 is 3.19. The van der Waals surface area contributed by atoms with E-state index in [1.165, 1.54) is 4.68 Å². The van der Waals surface area contributed by atoms with Crippen molar-refractivity contribution in [1.29, 1.82) is 0 Å². The topological polar surface area (TPSA) is 90.0 Å². The maximum Gasteiger partial charge on any atom is 0.297 e. The van der Waals surface area contributed by atoms with Gasteiger partial charge in [-0.1, -0.05) is 0 Å². The number of rotatable bonds is 2. The van der Waals surface area contributed by atoms with Gasteiger partial charge in [-0.05, 0) is 22.9 Å². The van der Waals surface area contributed by atoms with E-state index in [-0.39, 0.29) is 0 Å². The van der Waals surface area contributed by atoms with Gasteiger partial charge in [0.2, 0.25) is 0 Å². The van der Waals surface area contributed by atoms with Gasteiger partial charge in [0.05, 0.1) is 10.2 Å². The van der Waals surface area contributed by atoms with Crippen molar-refractivity contribution >= 4 is 32.0 Å². The van der Waals surface area contributed by atoms with Gasteiger partial charge in [-0.15, -0.1) is 0 Å². The lowest BCUT2D eigenvalue weighted by Gasteiger charge is -2.03. The fourth-order valence-corrected chi connectivity index (χ4v) is 1.95. The molecule has 1 aromatic heterocycles. The normalized spacial score (nSPS) is 11.7. The third-order valence-electron chi connectivity index (χ3n) is 1.39. The molecule has 0 aliphatic carbocycles. The number of halogens is 1. The zero-order valence-electron chi connectivity index (χ0n) is 7.07. The van der Waals surface area contributed by atoms with E-state index in [4.69, 9.17) is 5.14 Å². The summed E-state index contributed by atoms with van der Waals surface area (Å²) in [7, 11) is -2.13. The van der Waals surface area contributed by atoms with Gasteiger partial charge in [-0.3, -0.25) is 9.40 Å². The molecular formula is C5H9BrN4O2S. The average Bonchev–Trinajstić information content (AvgIpc) is 2.14.